The molecule has 1 fully saturated rings. The fourth-order valence-corrected chi connectivity index (χ4v) is 2.62. The van der Waals surface area contributed by atoms with Crippen LogP contribution in [0.1, 0.15) is 42.3 Å². The summed E-state index contributed by atoms with van der Waals surface area (Å²) in [5.74, 6) is -0.107. The molecule has 1 aliphatic heterocycles. The Kier molecular flexibility index (Phi) is 5.38. The number of ether oxygens (including phenoxy) is 2. The average molecular weight is 295 g/mol. The average Bonchev–Trinajstić information content (AvgIpc) is 2.95. The van der Waals surface area contributed by atoms with E-state index in [4.69, 9.17) is 13.9 Å². The fourth-order valence-electron chi connectivity index (χ4n) is 2.62. The van der Waals surface area contributed by atoms with Gasteiger partial charge in [-0.25, -0.2) is 4.79 Å². The molecule has 0 N–H and O–H groups in total. The van der Waals surface area contributed by atoms with Gasteiger partial charge in [-0.05, 0) is 32.4 Å². The second-order valence-corrected chi connectivity index (χ2v) is 4.98. The molecule has 2 heterocycles. The van der Waals surface area contributed by atoms with Crippen LogP contribution in [0, 0.1) is 0 Å². The Morgan fingerprint density at radius 3 is 2.95 bits per heavy atom. The highest BCUT2D eigenvalue weighted by atomic mass is 16.5. The van der Waals surface area contributed by atoms with Crippen LogP contribution in [0.5, 0.6) is 0 Å². The maximum absolute atomic E-state index is 12.0. The molecule has 0 radical (unpaired) electrons. The van der Waals surface area contributed by atoms with Crippen LogP contribution in [0.25, 0.3) is 0 Å². The third-order valence-corrected chi connectivity index (χ3v) is 3.67. The number of rotatable bonds is 5. The number of esters is 2. The molecule has 0 saturated carbocycles. The standard InChI is InChI=1S/C15H21NO5/c1-3-20-15(18)12-6-4-5-8-16(12)10-13-11(7-9-21-13)14(17)19-2/h7,9,12H,3-6,8,10H2,1-2H3. The van der Waals surface area contributed by atoms with E-state index in [1.165, 1.54) is 13.4 Å². The number of carbonyl (C=O) groups excluding carboxylic acids is 2. The predicted octanol–water partition coefficient (Wildman–Crippen LogP) is 1.98. The topological polar surface area (TPSA) is 69.0 Å². The summed E-state index contributed by atoms with van der Waals surface area (Å²) in [6, 6.07) is 1.32. The zero-order valence-electron chi connectivity index (χ0n) is 12.5. The Bertz CT molecular complexity index is 496. The summed E-state index contributed by atoms with van der Waals surface area (Å²) < 4.78 is 15.2. The number of piperidine rings is 1. The Balaban J connectivity index is 2.11. The van der Waals surface area contributed by atoms with E-state index in [-0.39, 0.29) is 12.0 Å². The molecule has 0 bridgehead atoms. The Labute approximate surface area is 124 Å². The van der Waals surface area contributed by atoms with Gasteiger partial charge < -0.3 is 13.9 Å². The molecule has 0 amide bonds. The fraction of sp³-hybridized carbons (Fsp3) is 0.600. The zero-order valence-corrected chi connectivity index (χ0v) is 12.5. The van der Waals surface area contributed by atoms with Crippen LogP contribution < -0.4 is 0 Å². The zero-order chi connectivity index (χ0) is 15.2. The molecule has 0 aliphatic carbocycles. The molecule has 1 aromatic heterocycles. The van der Waals surface area contributed by atoms with Gasteiger partial charge >= 0.3 is 11.9 Å². The highest BCUT2D eigenvalue weighted by molar-refractivity contribution is 5.90. The first-order valence-corrected chi connectivity index (χ1v) is 7.22. The van der Waals surface area contributed by atoms with Crippen molar-refractivity contribution in [1.82, 2.24) is 4.90 Å². The summed E-state index contributed by atoms with van der Waals surface area (Å²) in [4.78, 5) is 25.7. The van der Waals surface area contributed by atoms with Crippen LogP contribution in [0.15, 0.2) is 16.7 Å². The van der Waals surface area contributed by atoms with Gasteiger partial charge in [-0.15, -0.1) is 0 Å². The highest BCUT2D eigenvalue weighted by Crippen LogP contribution is 2.23. The van der Waals surface area contributed by atoms with Gasteiger partial charge in [0.25, 0.3) is 0 Å². The van der Waals surface area contributed by atoms with Crippen molar-refractivity contribution in [2.75, 3.05) is 20.3 Å². The van der Waals surface area contributed by atoms with Crippen molar-refractivity contribution in [1.29, 1.82) is 0 Å². The van der Waals surface area contributed by atoms with Crippen molar-refractivity contribution in [3.8, 4) is 0 Å². The molecule has 1 aliphatic rings. The predicted molar refractivity (Wildman–Crippen MR) is 74.7 cm³/mol. The summed E-state index contributed by atoms with van der Waals surface area (Å²) in [6.45, 7) is 3.36. The lowest BCUT2D eigenvalue weighted by atomic mass is 10.0. The van der Waals surface area contributed by atoms with E-state index in [9.17, 15) is 9.59 Å². The Morgan fingerprint density at radius 2 is 2.24 bits per heavy atom. The summed E-state index contributed by atoms with van der Waals surface area (Å²) in [5, 5.41) is 0. The van der Waals surface area contributed by atoms with E-state index in [0.29, 0.717) is 24.5 Å². The first kappa shape index (κ1) is 15.6. The molecule has 2 rings (SSSR count). The number of furan rings is 1. The van der Waals surface area contributed by atoms with Crippen molar-refractivity contribution in [2.24, 2.45) is 0 Å². The van der Waals surface area contributed by atoms with Crippen LogP contribution in [-0.4, -0.2) is 43.1 Å². The molecule has 21 heavy (non-hydrogen) atoms. The van der Waals surface area contributed by atoms with Crippen LogP contribution in [-0.2, 0) is 20.8 Å². The third kappa shape index (κ3) is 3.64. The first-order chi connectivity index (χ1) is 10.2. The molecule has 1 saturated heterocycles. The van der Waals surface area contributed by atoms with Crippen molar-refractivity contribution < 1.29 is 23.5 Å². The van der Waals surface area contributed by atoms with Gasteiger partial charge in [-0.1, -0.05) is 6.42 Å². The van der Waals surface area contributed by atoms with Gasteiger partial charge in [0.1, 0.15) is 17.4 Å². The second kappa shape index (κ2) is 7.26. The summed E-state index contributed by atoms with van der Waals surface area (Å²) >= 11 is 0. The van der Waals surface area contributed by atoms with E-state index in [0.717, 1.165) is 25.8 Å². The number of nitrogens with zero attached hydrogens (tertiary/aromatic N) is 1. The smallest absolute Gasteiger partial charge is 0.341 e. The number of hydrogen-bond acceptors (Lipinski definition) is 6. The highest BCUT2D eigenvalue weighted by Gasteiger charge is 2.31. The normalized spacial score (nSPS) is 19.2. The summed E-state index contributed by atoms with van der Waals surface area (Å²) in [7, 11) is 1.33. The molecule has 0 aromatic carbocycles. The van der Waals surface area contributed by atoms with E-state index in [1.54, 1.807) is 13.0 Å². The minimum Gasteiger partial charge on any atom is -0.467 e. The quantitative estimate of drug-likeness (QED) is 0.774. The SMILES string of the molecule is CCOC(=O)C1CCCCN1Cc1occc1C(=O)OC. The lowest BCUT2D eigenvalue weighted by molar-refractivity contribution is -0.151. The minimum absolute atomic E-state index is 0.205. The number of hydrogen-bond donors (Lipinski definition) is 0. The molecule has 1 aromatic rings. The maximum Gasteiger partial charge on any atom is 0.341 e. The van der Waals surface area contributed by atoms with Crippen molar-refractivity contribution in [3.05, 3.63) is 23.7 Å². The monoisotopic (exact) mass is 295 g/mol. The second-order valence-electron chi connectivity index (χ2n) is 4.98. The molecule has 6 heteroatoms. The van der Waals surface area contributed by atoms with Gasteiger partial charge in [0.15, 0.2) is 0 Å². The summed E-state index contributed by atoms with van der Waals surface area (Å²) in [5.41, 5.74) is 0.408. The van der Waals surface area contributed by atoms with Gasteiger partial charge in [-0.2, -0.15) is 0 Å². The Morgan fingerprint density at radius 1 is 1.43 bits per heavy atom. The third-order valence-electron chi connectivity index (χ3n) is 3.67. The maximum atomic E-state index is 12.0. The molecule has 1 unspecified atom stereocenters. The molecule has 0 spiro atoms. The first-order valence-electron chi connectivity index (χ1n) is 7.22. The minimum atomic E-state index is -0.427. The Hall–Kier alpha value is -1.82. The molecule has 116 valence electrons. The van der Waals surface area contributed by atoms with Crippen LogP contribution in [0.3, 0.4) is 0 Å². The molecular weight excluding hydrogens is 274 g/mol. The lowest BCUT2D eigenvalue weighted by Gasteiger charge is -2.33. The molecular formula is C15H21NO5. The van der Waals surface area contributed by atoms with E-state index in [2.05, 4.69) is 0 Å². The number of carbonyl (C=O) groups is 2. The van der Waals surface area contributed by atoms with Gasteiger partial charge in [-0.3, -0.25) is 9.69 Å². The van der Waals surface area contributed by atoms with Gasteiger partial charge in [0.2, 0.25) is 0 Å². The number of methoxy groups -OCH3 is 1. The van der Waals surface area contributed by atoms with Crippen molar-refractivity contribution in [3.63, 3.8) is 0 Å². The lowest BCUT2D eigenvalue weighted by Crippen LogP contribution is -2.45. The van der Waals surface area contributed by atoms with Crippen molar-refractivity contribution in [2.45, 2.75) is 38.8 Å². The van der Waals surface area contributed by atoms with Gasteiger partial charge in [0.05, 0.1) is 26.5 Å². The van der Waals surface area contributed by atoms with E-state index >= 15 is 0 Å². The summed E-state index contributed by atoms with van der Waals surface area (Å²) in [6.07, 6.45) is 4.25. The van der Waals surface area contributed by atoms with Crippen LogP contribution in [0.4, 0.5) is 0 Å². The molecule has 1 atom stereocenters. The largest absolute Gasteiger partial charge is 0.467 e. The van der Waals surface area contributed by atoms with Crippen LogP contribution >= 0.6 is 0 Å². The van der Waals surface area contributed by atoms with Crippen molar-refractivity contribution >= 4 is 11.9 Å². The van der Waals surface area contributed by atoms with Gasteiger partial charge in [0, 0.05) is 0 Å². The van der Waals surface area contributed by atoms with Crippen LogP contribution in [0.2, 0.25) is 0 Å². The number of likely N-dealkylation sites (tertiary alicyclic amines) is 1. The van der Waals surface area contributed by atoms with E-state index < -0.39 is 5.97 Å². The van der Waals surface area contributed by atoms with E-state index in [1.807, 2.05) is 4.90 Å². The molecule has 6 nitrogen and oxygen atoms in total.